The minimum absolute atomic E-state index is 0.800. The Morgan fingerprint density at radius 2 is 0.865 bits per heavy atom. The Hall–Kier alpha value is -6.40. The van der Waals surface area contributed by atoms with E-state index in [1.54, 1.807) is 28.4 Å². The number of anilines is 1. The quantitative estimate of drug-likeness (QED) is 0.128. The van der Waals surface area contributed by atoms with Crippen molar-refractivity contribution in [3.63, 3.8) is 0 Å². The summed E-state index contributed by atoms with van der Waals surface area (Å²) in [7, 11) is 6.75. The van der Waals surface area contributed by atoms with Gasteiger partial charge in [-0.2, -0.15) is 0 Å². The normalized spacial score (nSPS) is 10.9. The summed E-state index contributed by atoms with van der Waals surface area (Å²) in [6, 6.07) is 48.2. The van der Waals surface area contributed by atoms with Gasteiger partial charge in [0, 0.05) is 57.6 Å². The molecular weight excluding hydrogens is 645 g/mol. The molecule has 6 nitrogen and oxygen atoms in total. The van der Waals surface area contributed by atoms with E-state index in [1.165, 1.54) is 21.8 Å². The van der Waals surface area contributed by atoms with Crippen molar-refractivity contribution < 1.29 is 18.9 Å². The average molecular weight is 687 g/mol. The number of ether oxygens (including phenoxy) is 4. The van der Waals surface area contributed by atoms with Crippen LogP contribution >= 0.6 is 0 Å². The van der Waals surface area contributed by atoms with Crippen LogP contribution in [0.3, 0.4) is 0 Å². The first-order chi connectivity index (χ1) is 25.5. The molecule has 0 spiro atoms. The predicted octanol–water partition coefficient (Wildman–Crippen LogP) is 10.8. The second-order valence-corrected chi connectivity index (χ2v) is 12.4. The first kappa shape index (κ1) is 34.1. The molecule has 0 bridgehead atoms. The Balaban J connectivity index is 1.51. The van der Waals surface area contributed by atoms with Crippen molar-refractivity contribution in [2.45, 2.75) is 13.5 Å². The second-order valence-electron chi connectivity index (χ2n) is 12.4. The maximum Gasteiger partial charge on any atom is 0.118 e. The third kappa shape index (κ3) is 6.83. The van der Waals surface area contributed by atoms with Gasteiger partial charge in [-0.15, -0.1) is 0 Å². The van der Waals surface area contributed by atoms with E-state index in [9.17, 15) is 0 Å². The number of aromatic nitrogens is 1. The fourth-order valence-electron chi connectivity index (χ4n) is 6.72. The number of para-hydroxylation sites is 1. The van der Waals surface area contributed by atoms with Gasteiger partial charge in [-0.3, -0.25) is 0 Å². The predicted molar refractivity (Wildman–Crippen MR) is 214 cm³/mol. The highest BCUT2D eigenvalue weighted by Gasteiger charge is 2.16. The zero-order valence-corrected chi connectivity index (χ0v) is 30.2. The highest BCUT2D eigenvalue weighted by molar-refractivity contribution is 6.09. The Kier molecular flexibility index (Phi) is 9.98. The molecule has 0 aliphatic heterocycles. The van der Waals surface area contributed by atoms with Crippen molar-refractivity contribution >= 4 is 38.6 Å². The van der Waals surface area contributed by atoms with Crippen LogP contribution < -0.4 is 23.8 Å². The number of aryl methyl sites for hydroxylation is 1. The number of benzene rings is 6. The van der Waals surface area contributed by atoms with Gasteiger partial charge in [0.15, 0.2) is 0 Å². The molecule has 0 aliphatic rings. The average Bonchev–Trinajstić information content (AvgIpc) is 3.54. The van der Waals surface area contributed by atoms with Crippen LogP contribution in [-0.2, 0) is 6.54 Å². The minimum Gasteiger partial charge on any atom is -0.497 e. The van der Waals surface area contributed by atoms with Crippen molar-refractivity contribution in [2.75, 3.05) is 33.3 Å². The SMILES string of the molecule is CCn1c2ccccc2c2cc(N(C=C(c3ccc(OC)cc3)c3ccc(OC)cc3)C=C(c3ccc(OC)cc3)c3ccc(OC)cc3)ccc21. The molecule has 0 N–H and O–H groups in total. The summed E-state index contributed by atoms with van der Waals surface area (Å²) in [5.74, 6) is 3.20. The lowest BCUT2D eigenvalue weighted by Crippen LogP contribution is -2.11. The molecule has 1 heterocycles. The van der Waals surface area contributed by atoms with Crippen LogP contribution in [0, 0.1) is 0 Å². The highest BCUT2D eigenvalue weighted by Crippen LogP contribution is 2.36. The summed E-state index contributed by atoms with van der Waals surface area (Å²) < 4.78 is 24.5. The monoisotopic (exact) mass is 686 g/mol. The highest BCUT2D eigenvalue weighted by atomic mass is 16.5. The van der Waals surface area contributed by atoms with Crippen LogP contribution in [-0.4, -0.2) is 33.0 Å². The lowest BCUT2D eigenvalue weighted by atomic mass is 9.97. The molecule has 0 aliphatic carbocycles. The van der Waals surface area contributed by atoms with Crippen LogP contribution in [0.5, 0.6) is 23.0 Å². The molecule has 0 radical (unpaired) electrons. The number of hydrogen-bond acceptors (Lipinski definition) is 5. The Morgan fingerprint density at radius 1 is 0.481 bits per heavy atom. The molecule has 7 aromatic rings. The van der Waals surface area contributed by atoms with E-state index < -0.39 is 0 Å². The maximum absolute atomic E-state index is 5.53. The summed E-state index contributed by atoms with van der Waals surface area (Å²) in [5, 5.41) is 2.43. The van der Waals surface area contributed by atoms with Gasteiger partial charge in [0.25, 0.3) is 0 Å². The third-order valence-electron chi connectivity index (χ3n) is 9.51. The van der Waals surface area contributed by atoms with E-state index in [2.05, 4.69) is 120 Å². The molecule has 6 aromatic carbocycles. The molecule has 0 amide bonds. The molecule has 260 valence electrons. The van der Waals surface area contributed by atoms with E-state index in [4.69, 9.17) is 18.9 Å². The fourth-order valence-corrected chi connectivity index (χ4v) is 6.72. The van der Waals surface area contributed by atoms with E-state index in [0.29, 0.717) is 0 Å². The molecule has 1 aromatic heterocycles. The minimum atomic E-state index is 0.800. The topological polar surface area (TPSA) is 45.1 Å². The van der Waals surface area contributed by atoms with E-state index in [1.807, 2.05) is 48.5 Å². The van der Waals surface area contributed by atoms with Gasteiger partial charge >= 0.3 is 0 Å². The van der Waals surface area contributed by atoms with Crippen LogP contribution in [0.15, 0.2) is 152 Å². The van der Waals surface area contributed by atoms with Crippen LogP contribution in [0.4, 0.5) is 5.69 Å². The van der Waals surface area contributed by atoms with E-state index in [0.717, 1.165) is 68.6 Å². The summed E-state index contributed by atoms with van der Waals surface area (Å²) in [6.45, 7) is 3.08. The van der Waals surface area contributed by atoms with Gasteiger partial charge < -0.3 is 28.4 Å². The molecule has 0 unspecified atom stereocenters. The smallest absolute Gasteiger partial charge is 0.118 e. The zero-order chi connectivity index (χ0) is 36.0. The number of fused-ring (bicyclic) bond motifs is 3. The molecule has 52 heavy (non-hydrogen) atoms. The van der Waals surface area contributed by atoms with Crippen molar-refractivity contribution in [3.05, 3.63) is 174 Å². The molecule has 7 rings (SSSR count). The van der Waals surface area contributed by atoms with Gasteiger partial charge in [0.2, 0.25) is 0 Å². The van der Waals surface area contributed by atoms with Gasteiger partial charge in [-0.1, -0.05) is 66.7 Å². The number of hydrogen-bond donors (Lipinski definition) is 0. The zero-order valence-electron chi connectivity index (χ0n) is 30.2. The van der Waals surface area contributed by atoms with Crippen LogP contribution in [0.1, 0.15) is 29.2 Å². The van der Waals surface area contributed by atoms with Crippen molar-refractivity contribution in [3.8, 4) is 23.0 Å². The van der Waals surface area contributed by atoms with Crippen molar-refractivity contribution in [2.24, 2.45) is 0 Å². The lowest BCUT2D eigenvalue weighted by Gasteiger charge is -2.22. The van der Waals surface area contributed by atoms with Gasteiger partial charge in [-0.25, -0.2) is 0 Å². The summed E-state index contributed by atoms with van der Waals surface area (Å²) >= 11 is 0. The van der Waals surface area contributed by atoms with Crippen molar-refractivity contribution in [1.82, 2.24) is 4.57 Å². The van der Waals surface area contributed by atoms with Gasteiger partial charge in [0.05, 0.1) is 28.4 Å². The fraction of sp³-hybridized carbons (Fsp3) is 0.130. The lowest BCUT2D eigenvalue weighted by molar-refractivity contribution is 0.414. The van der Waals surface area contributed by atoms with Crippen LogP contribution in [0.2, 0.25) is 0 Å². The number of nitrogens with zero attached hydrogens (tertiary/aromatic N) is 2. The summed E-state index contributed by atoms with van der Waals surface area (Å²) in [6.07, 6.45) is 4.44. The van der Waals surface area contributed by atoms with Gasteiger partial charge in [0.1, 0.15) is 23.0 Å². The summed E-state index contributed by atoms with van der Waals surface area (Å²) in [5.41, 5.74) is 9.69. The van der Waals surface area contributed by atoms with Crippen molar-refractivity contribution in [1.29, 1.82) is 0 Å². The molecule has 6 heteroatoms. The van der Waals surface area contributed by atoms with Gasteiger partial charge in [-0.05, 0) is 102 Å². The van der Waals surface area contributed by atoms with E-state index in [-0.39, 0.29) is 0 Å². The molecular formula is C46H42N2O4. The Morgan fingerprint density at radius 3 is 1.25 bits per heavy atom. The number of rotatable bonds is 12. The Labute approximate surface area is 305 Å². The largest absolute Gasteiger partial charge is 0.497 e. The van der Waals surface area contributed by atoms with Crippen LogP contribution in [0.25, 0.3) is 33.0 Å². The van der Waals surface area contributed by atoms with E-state index >= 15 is 0 Å². The molecule has 0 saturated heterocycles. The molecule has 0 saturated carbocycles. The second kappa shape index (κ2) is 15.2. The third-order valence-corrected chi connectivity index (χ3v) is 9.51. The molecule has 0 fully saturated rings. The maximum atomic E-state index is 5.53. The standard InChI is InChI=1S/C46H42N2O4/c1-6-48-45-10-8-7-9-41(45)42-29-36(19-28-46(42)48)47(30-43(32-11-20-37(49-2)21-12-32)33-13-22-38(50-3)23-14-33)31-44(34-15-24-39(51-4)25-16-34)35-17-26-40(52-5)27-18-35/h7-31H,6H2,1-5H3. The molecule has 0 atom stereocenters. The first-order valence-electron chi connectivity index (χ1n) is 17.3. The summed E-state index contributed by atoms with van der Waals surface area (Å²) in [4.78, 5) is 2.24. The number of methoxy groups -OCH3 is 4. The first-order valence-corrected chi connectivity index (χ1v) is 17.3. The Bertz CT molecular complexity index is 2150.